The highest BCUT2D eigenvalue weighted by Gasteiger charge is 2.15. The molecule has 0 aliphatic carbocycles. The summed E-state index contributed by atoms with van der Waals surface area (Å²) in [6.45, 7) is 0. The standard InChI is InChI=1S/C18H21NOS/c1-21-14-8-13-17(20)19-18(15-9-4-2-5-10-15)16-11-6-3-7-12-16/h2-7,9-12,18H,8,13-14H2,1H3,(H,19,20). The molecule has 0 spiro atoms. The second kappa shape index (κ2) is 8.53. The number of hydrogen-bond donors (Lipinski definition) is 1. The van der Waals surface area contributed by atoms with Crippen LogP contribution in [-0.4, -0.2) is 17.9 Å². The summed E-state index contributed by atoms with van der Waals surface area (Å²) in [5, 5.41) is 3.16. The zero-order valence-electron chi connectivity index (χ0n) is 12.3. The number of nitrogens with one attached hydrogen (secondary N) is 1. The second-order valence-corrected chi connectivity index (χ2v) is 5.90. The zero-order valence-corrected chi connectivity index (χ0v) is 13.1. The van der Waals surface area contributed by atoms with E-state index in [4.69, 9.17) is 0 Å². The third kappa shape index (κ3) is 4.94. The van der Waals surface area contributed by atoms with Gasteiger partial charge in [-0.15, -0.1) is 0 Å². The fraction of sp³-hybridized carbons (Fsp3) is 0.278. The summed E-state index contributed by atoms with van der Waals surface area (Å²) in [5.74, 6) is 1.14. The minimum absolute atomic E-state index is 0.0748. The molecule has 0 radical (unpaired) electrons. The van der Waals surface area contributed by atoms with Crippen LogP contribution in [0.15, 0.2) is 60.7 Å². The molecule has 0 aromatic heterocycles. The van der Waals surface area contributed by atoms with Gasteiger partial charge in [0.25, 0.3) is 0 Å². The Morgan fingerprint density at radius 2 is 1.52 bits per heavy atom. The highest BCUT2D eigenvalue weighted by Crippen LogP contribution is 2.21. The summed E-state index contributed by atoms with van der Waals surface area (Å²) in [6.07, 6.45) is 3.56. The van der Waals surface area contributed by atoms with Gasteiger partial charge in [0.15, 0.2) is 0 Å². The Morgan fingerprint density at radius 3 is 2.00 bits per heavy atom. The van der Waals surface area contributed by atoms with Gasteiger partial charge in [-0.25, -0.2) is 0 Å². The molecule has 2 aromatic rings. The number of thioether (sulfide) groups is 1. The Labute approximate surface area is 131 Å². The van der Waals surface area contributed by atoms with E-state index in [1.807, 2.05) is 36.4 Å². The maximum Gasteiger partial charge on any atom is 0.220 e. The summed E-state index contributed by atoms with van der Waals surface area (Å²) in [6, 6.07) is 20.2. The van der Waals surface area contributed by atoms with Crippen LogP contribution < -0.4 is 5.32 Å². The SMILES string of the molecule is CSCCCC(=O)NC(c1ccccc1)c1ccccc1. The van der Waals surface area contributed by atoms with Gasteiger partial charge in [-0.05, 0) is 29.6 Å². The molecule has 2 nitrogen and oxygen atoms in total. The summed E-state index contributed by atoms with van der Waals surface area (Å²) >= 11 is 1.78. The highest BCUT2D eigenvalue weighted by atomic mass is 32.2. The van der Waals surface area contributed by atoms with Crippen molar-refractivity contribution in [2.24, 2.45) is 0 Å². The highest BCUT2D eigenvalue weighted by molar-refractivity contribution is 7.98. The first-order valence-electron chi connectivity index (χ1n) is 7.19. The molecule has 0 atom stereocenters. The van der Waals surface area contributed by atoms with Gasteiger partial charge >= 0.3 is 0 Å². The monoisotopic (exact) mass is 299 g/mol. The van der Waals surface area contributed by atoms with Gasteiger partial charge in [-0.2, -0.15) is 11.8 Å². The number of carbonyl (C=O) groups is 1. The normalized spacial score (nSPS) is 10.6. The van der Waals surface area contributed by atoms with Crippen LogP contribution in [0.3, 0.4) is 0 Å². The van der Waals surface area contributed by atoms with Gasteiger partial charge in [0.05, 0.1) is 6.04 Å². The molecule has 1 amide bonds. The summed E-state index contributed by atoms with van der Waals surface area (Å²) in [7, 11) is 0. The van der Waals surface area contributed by atoms with E-state index >= 15 is 0 Å². The van der Waals surface area contributed by atoms with Gasteiger partial charge in [-0.3, -0.25) is 4.79 Å². The van der Waals surface area contributed by atoms with Gasteiger partial charge in [0.1, 0.15) is 0 Å². The first kappa shape index (κ1) is 15.6. The summed E-state index contributed by atoms with van der Waals surface area (Å²) in [5.41, 5.74) is 2.23. The molecule has 110 valence electrons. The number of benzene rings is 2. The molecule has 0 heterocycles. The van der Waals surface area contributed by atoms with Crippen molar-refractivity contribution in [3.8, 4) is 0 Å². The Hall–Kier alpha value is -1.74. The first-order chi connectivity index (χ1) is 10.3. The maximum absolute atomic E-state index is 12.2. The van der Waals surface area contributed by atoms with Crippen molar-refractivity contribution < 1.29 is 4.79 Å². The molecule has 21 heavy (non-hydrogen) atoms. The average molecular weight is 299 g/mol. The van der Waals surface area contributed by atoms with Crippen LogP contribution in [0.25, 0.3) is 0 Å². The van der Waals surface area contributed by atoms with Gasteiger partial charge in [0, 0.05) is 6.42 Å². The van der Waals surface area contributed by atoms with E-state index in [9.17, 15) is 4.79 Å². The average Bonchev–Trinajstić information content (AvgIpc) is 2.54. The molecule has 3 heteroatoms. The Bertz CT molecular complexity index is 502. The second-order valence-electron chi connectivity index (χ2n) is 4.92. The Balaban J connectivity index is 2.12. The van der Waals surface area contributed by atoms with Crippen LogP contribution in [0.5, 0.6) is 0 Å². The van der Waals surface area contributed by atoms with Crippen LogP contribution in [0.1, 0.15) is 30.0 Å². The van der Waals surface area contributed by atoms with Crippen molar-refractivity contribution in [2.75, 3.05) is 12.0 Å². The van der Waals surface area contributed by atoms with E-state index < -0.39 is 0 Å². The van der Waals surface area contributed by atoms with E-state index in [1.165, 1.54) is 0 Å². The first-order valence-corrected chi connectivity index (χ1v) is 8.59. The number of carbonyl (C=O) groups excluding carboxylic acids is 1. The van der Waals surface area contributed by atoms with Gasteiger partial charge < -0.3 is 5.32 Å². The largest absolute Gasteiger partial charge is 0.345 e. The third-order valence-electron chi connectivity index (χ3n) is 3.32. The molecule has 0 saturated carbocycles. The van der Waals surface area contributed by atoms with Crippen molar-refractivity contribution in [1.82, 2.24) is 5.32 Å². The van der Waals surface area contributed by atoms with E-state index in [0.717, 1.165) is 23.3 Å². The number of amides is 1. The van der Waals surface area contributed by atoms with Crippen LogP contribution in [-0.2, 0) is 4.79 Å². The Kier molecular flexibility index (Phi) is 6.35. The zero-order chi connectivity index (χ0) is 14.9. The van der Waals surface area contributed by atoms with Gasteiger partial charge in [0.2, 0.25) is 5.91 Å². The van der Waals surface area contributed by atoms with Crippen LogP contribution >= 0.6 is 11.8 Å². The fourth-order valence-electron chi connectivity index (χ4n) is 2.26. The van der Waals surface area contributed by atoms with Gasteiger partial charge in [-0.1, -0.05) is 60.7 Å². The van der Waals surface area contributed by atoms with Crippen molar-refractivity contribution in [2.45, 2.75) is 18.9 Å². The molecule has 0 aliphatic heterocycles. The van der Waals surface area contributed by atoms with Crippen molar-refractivity contribution in [1.29, 1.82) is 0 Å². The predicted molar refractivity (Wildman–Crippen MR) is 90.5 cm³/mol. The minimum atomic E-state index is -0.0748. The van der Waals surface area contributed by atoms with Crippen molar-refractivity contribution >= 4 is 17.7 Å². The molecule has 0 unspecified atom stereocenters. The van der Waals surface area contributed by atoms with E-state index in [-0.39, 0.29) is 11.9 Å². The molecular formula is C18H21NOS. The predicted octanol–water partition coefficient (Wildman–Crippen LogP) is 4.04. The van der Waals surface area contributed by atoms with Crippen LogP contribution in [0.4, 0.5) is 0 Å². The quantitative estimate of drug-likeness (QED) is 0.782. The van der Waals surface area contributed by atoms with E-state index in [0.29, 0.717) is 6.42 Å². The third-order valence-corrected chi connectivity index (χ3v) is 4.02. The number of hydrogen-bond acceptors (Lipinski definition) is 2. The van der Waals surface area contributed by atoms with Crippen LogP contribution in [0, 0.1) is 0 Å². The smallest absolute Gasteiger partial charge is 0.220 e. The summed E-state index contributed by atoms with van der Waals surface area (Å²) < 4.78 is 0. The number of rotatable bonds is 7. The van der Waals surface area contributed by atoms with Crippen molar-refractivity contribution in [3.05, 3.63) is 71.8 Å². The fourth-order valence-corrected chi connectivity index (χ4v) is 2.69. The van der Waals surface area contributed by atoms with E-state index in [2.05, 4.69) is 35.8 Å². The van der Waals surface area contributed by atoms with Crippen LogP contribution in [0.2, 0.25) is 0 Å². The lowest BCUT2D eigenvalue weighted by molar-refractivity contribution is -0.121. The molecule has 0 saturated heterocycles. The molecule has 1 N–H and O–H groups in total. The molecule has 0 aliphatic rings. The topological polar surface area (TPSA) is 29.1 Å². The lowest BCUT2D eigenvalue weighted by atomic mass is 9.98. The molecule has 0 bridgehead atoms. The summed E-state index contributed by atoms with van der Waals surface area (Å²) in [4.78, 5) is 12.2. The lowest BCUT2D eigenvalue weighted by Crippen LogP contribution is -2.29. The lowest BCUT2D eigenvalue weighted by Gasteiger charge is -2.20. The minimum Gasteiger partial charge on any atom is -0.345 e. The molecule has 2 rings (SSSR count). The van der Waals surface area contributed by atoms with E-state index in [1.54, 1.807) is 11.8 Å². The molecular weight excluding hydrogens is 278 g/mol. The van der Waals surface area contributed by atoms with Crippen molar-refractivity contribution in [3.63, 3.8) is 0 Å². The Morgan fingerprint density at radius 1 is 1.00 bits per heavy atom. The maximum atomic E-state index is 12.2. The molecule has 0 fully saturated rings. The molecule has 2 aromatic carbocycles.